The number of benzene rings is 1. The first-order valence-corrected chi connectivity index (χ1v) is 13.4. The molecule has 174 valence electrons. The number of rotatable bonds is 7. The molecule has 1 amide bonds. The number of nitrogens with one attached hydrogen (secondary N) is 1. The Labute approximate surface area is 201 Å². The molecule has 3 heterocycles. The molecule has 1 fully saturated rings. The highest BCUT2D eigenvalue weighted by Crippen LogP contribution is 2.36. The van der Waals surface area contributed by atoms with Crippen molar-refractivity contribution in [2.24, 2.45) is 0 Å². The summed E-state index contributed by atoms with van der Waals surface area (Å²) in [5.41, 5.74) is 2.27. The Balaban J connectivity index is 1.42. The largest absolute Gasteiger partial charge is 0.376 e. The van der Waals surface area contributed by atoms with E-state index in [9.17, 15) is 9.59 Å². The van der Waals surface area contributed by atoms with Gasteiger partial charge in [-0.05, 0) is 57.1 Å². The smallest absolute Gasteiger partial charge is 0.263 e. The standard InChI is InChI=1S/C25H29N3O3S2/c1-15(17-8-4-3-5-9-17)26-22(29)16(2)32-25-27-23-21(19-11-6-12-20(19)33-23)24(30)28(25)14-18-10-7-13-31-18/h3-5,8-9,15-16,18H,6-7,10-14H2,1-2H3,(H,26,29)/t15-,16+,18-/m1/s1. The SMILES string of the molecule is C[C@H](Sc1nc2sc3c(c2c(=O)n1C[C@H]1CCCO1)CCC3)C(=O)N[C@H](C)c1ccccc1. The molecule has 5 rings (SSSR count). The van der Waals surface area contributed by atoms with Crippen LogP contribution in [0.3, 0.4) is 0 Å². The van der Waals surface area contributed by atoms with E-state index < -0.39 is 0 Å². The predicted octanol–water partition coefficient (Wildman–Crippen LogP) is 4.48. The van der Waals surface area contributed by atoms with E-state index in [0.717, 1.165) is 54.5 Å². The van der Waals surface area contributed by atoms with Crippen LogP contribution >= 0.6 is 23.1 Å². The summed E-state index contributed by atoms with van der Waals surface area (Å²) in [5, 5.41) is 4.10. The van der Waals surface area contributed by atoms with Gasteiger partial charge in [-0.25, -0.2) is 4.98 Å². The molecule has 0 bridgehead atoms. The molecule has 0 radical (unpaired) electrons. The summed E-state index contributed by atoms with van der Waals surface area (Å²) >= 11 is 3.00. The van der Waals surface area contributed by atoms with Crippen LogP contribution in [-0.2, 0) is 28.9 Å². The minimum Gasteiger partial charge on any atom is -0.376 e. The first-order valence-electron chi connectivity index (χ1n) is 11.7. The van der Waals surface area contributed by atoms with E-state index in [4.69, 9.17) is 9.72 Å². The number of fused-ring (bicyclic) bond motifs is 3. The van der Waals surface area contributed by atoms with Crippen molar-refractivity contribution in [2.45, 2.75) is 75.0 Å². The van der Waals surface area contributed by atoms with Crippen molar-refractivity contribution in [2.75, 3.05) is 6.61 Å². The number of aromatic nitrogens is 2. The van der Waals surface area contributed by atoms with Crippen LogP contribution in [0.4, 0.5) is 0 Å². The van der Waals surface area contributed by atoms with Crippen LogP contribution in [0.2, 0.25) is 0 Å². The van der Waals surface area contributed by atoms with Gasteiger partial charge in [0, 0.05) is 11.5 Å². The van der Waals surface area contributed by atoms with E-state index in [1.807, 2.05) is 44.2 Å². The molecule has 2 aliphatic rings. The molecule has 3 aromatic rings. The van der Waals surface area contributed by atoms with Gasteiger partial charge in [0.2, 0.25) is 5.91 Å². The number of aryl methyl sites for hydroxylation is 2. The molecule has 8 heteroatoms. The van der Waals surface area contributed by atoms with Crippen LogP contribution in [0.1, 0.15) is 55.2 Å². The van der Waals surface area contributed by atoms with Crippen LogP contribution < -0.4 is 10.9 Å². The highest BCUT2D eigenvalue weighted by Gasteiger charge is 2.27. The Morgan fingerprint density at radius 2 is 2.09 bits per heavy atom. The zero-order valence-corrected chi connectivity index (χ0v) is 20.6. The molecule has 0 unspecified atom stereocenters. The Morgan fingerprint density at radius 1 is 1.27 bits per heavy atom. The molecule has 2 aromatic heterocycles. The predicted molar refractivity (Wildman–Crippen MR) is 133 cm³/mol. The second-order valence-corrected chi connectivity index (χ2v) is 11.3. The number of thiophene rings is 1. The third-order valence-electron chi connectivity index (χ3n) is 6.51. The zero-order chi connectivity index (χ0) is 22.9. The quantitative estimate of drug-likeness (QED) is 0.396. The summed E-state index contributed by atoms with van der Waals surface area (Å²) in [6.45, 7) is 5.08. The number of carbonyl (C=O) groups excluding carboxylic acids is 1. The highest BCUT2D eigenvalue weighted by atomic mass is 32.2. The Morgan fingerprint density at radius 3 is 2.85 bits per heavy atom. The number of amides is 1. The lowest BCUT2D eigenvalue weighted by Gasteiger charge is -2.20. The van der Waals surface area contributed by atoms with Gasteiger partial charge in [0.1, 0.15) is 4.83 Å². The topological polar surface area (TPSA) is 73.2 Å². The Kier molecular flexibility index (Phi) is 6.58. The number of hydrogen-bond donors (Lipinski definition) is 1. The molecular weight excluding hydrogens is 454 g/mol. The van der Waals surface area contributed by atoms with Crippen molar-refractivity contribution >= 4 is 39.2 Å². The van der Waals surface area contributed by atoms with E-state index in [1.165, 1.54) is 22.2 Å². The molecule has 1 aliphatic heterocycles. The fraction of sp³-hybridized carbons (Fsp3) is 0.480. The second-order valence-electron chi connectivity index (χ2n) is 8.88. The van der Waals surface area contributed by atoms with Crippen LogP contribution in [0.5, 0.6) is 0 Å². The molecule has 0 spiro atoms. The van der Waals surface area contributed by atoms with Crippen molar-refractivity contribution in [3.8, 4) is 0 Å². The molecule has 3 atom stereocenters. The zero-order valence-electron chi connectivity index (χ0n) is 19.0. The maximum absolute atomic E-state index is 13.6. The van der Waals surface area contributed by atoms with E-state index >= 15 is 0 Å². The van der Waals surface area contributed by atoms with Gasteiger partial charge >= 0.3 is 0 Å². The van der Waals surface area contributed by atoms with Crippen LogP contribution in [0, 0.1) is 0 Å². The monoisotopic (exact) mass is 483 g/mol. The third kappa shape index (κ3) is 4.61. The minimum atomic E-state index is -0.386. The first kappa shape index (κ1) is 22.6. The first-order chi connectivity index (χ1) is 16.0. The van der Waals surface area contributed by atoms with Gasteiger partial charge in [0.15, 0.2) is 5.16 Å². The third-order valence-corrected chi connectivity index (χ3v) is 8.79. The number of nitrogens with zero attached hydrogens (tertiary/aromatic N) is 2. The normalized spacial score (nSPS) is 19.5. The maximum atomic E-state index is 13.6. The van der Waals surface area contributed by atoms with Crippen LogP contribution in [0.15, 0.2) is 40.3 Å². The number of hydrogen-bond acceptors (Lipinski definition) is 6. The number of thioether (sulfide) groups is 1. The lowest BCUT2D eigenvalue weighted by atomic mass is 10.1. The fourth-order valence-corrected chi connectivity index (χ4v) is 6.90. The summed E-state index contributed by atoms with van der Waals surface area (Å²) < 4.78 is 7.60. The summed E-state index contributed by atoms with van der Waals surface area (Å²) in [7, 11) is 0. The van der Waals surface area contributed by atoms with Gasteiger partial charge in [0.05, 0.1) is 29.3 Å². The molecule has 1 aliphatic carbocycles. The second kappa shape index (κ2) is 9.60. The maximum Gasteiger partial charge on any atom is 0.263 e. The lowest BCUT2D eigenvalue weighted by molar-refractivity contribution is -0.120. The summed E-state index contributed by atoms with van der Waals surface area (Å²) in [6, 6.07) is 9.83. The number of carbonyl (C=O) groups is 1. The summed E-state index contributed by atoms with van der Waals surface area (Å²) in [6.07, 6.45) is 5.07. The van der Waals surface area contributed by atoms with Crippen LogP contribution in [0.25, 0.3) is 10.2 Å². The fourth-order valence-electron chi connectivity index (χ4n) is 4.67. The molecule has 0 saturated carbocycles. The van der Waals surface area contributed by atoms with E-state index in [2.05, 4.69) is 5.32 Å². The average molecular weight is 484 g/mol. The van der Waals surface area contributed by atoms with Gasteiger partial charge in [-0.2, -0.15) is 0 Å². The van der Waals surface area contributed by atoms with E-state index in [1.54, 1.807) is 15.9 Å². The average Bonchev–Trinajstić information content (AvgIpc) is 3.54. The highest BCUT2D eigenvalue weighted by molar-refractivity contribution is 8.00. The summed E-state index contributed by atoms with van der Waals surface area (Å²) in [4.78, 5) is 33.6. The van der Waals surface area contributed by atoms with E-state index in [0.29, 0.717) is 11.7 Å². The van der Waals surface area contributed by atoms with Gasteiger partial charge in [0.25, 0.3) is 5.56 Å². The van der Waals surface area contributed by atoms with Gasteiger partial charge in [-0.15, -0.1) is 11.3 Å². The molecule has 1 aromatic carbocycles. The molecule has 1 N–H and O–H groups in total. The molecule has 6 nitrogen and oxygen atoms in total. The summed E-state index contributed by atoms with van der Waals surface area (Å²) in [5.74, 6) is -0.0666. The van der Waals surface area contributed by atoms with Crippen molar-refractivity contribution in [3.63, 3.8) is 0 Å². The van der Waals surface area contributed by atoms with Crippen molar-refractivity contribution in [1.82, 2.24) is 14.9 Å². The Bertz CT molecular complexity index is 1220. The van der Waals surface area contributed by atoms with Crippen molar-refractivity contribution in [1.29, 1.82) is 0 Å². The molecule has 1 saturated heterocycles. The van der Waals surface area contributed by atoms with Gasteiger partial charge < -0.3 is 10.1 Å². The van der Waals surface area contributed by atoms with E-state index in [-0.39, 0.29) is 28.9 Å². The lowest BCUT2D eigenvalue weighted by Crippen LogP contribution is -2.34. The molecular formula is C25H29N3O3S2. The van der Waals surface area contributed by atoms with Gasteiger partial charge in [-0.1, -0.05) is 42.1 Å². The molecule has 33 heavy (non-hydrogen) atoms. The minimum absolute atomic E-state index is 0.0164. The van der Waals surface area contributed by atoms with Crippen molar-refractivity contribution in [3.05, 3.63) is 56.7 Å². The van der Waals surface area contributed by atoms with Gasteiger partial charge in [-0.3, -0.25) is 14.2 Å². The van der Waals surface area contributed by atoms with Crippen molar-refractivity contribution < 1.29 is 9.53 Å². The number of ether oxygens (including phenoxy) is 1. The Hall–Kier alpha value is -2.16. The van der Waals surface area contributed by atoms with Crippen LogP contribution in [-0.4, -0.2) is 33.4 Å².